The average Bonchev–Trinajstić information content (AvgIpc) is 2.44. The summed E-state index contributed by atoms with van der Waals surface area (Å²) in [5.41, 5.74) is 3.54. The number of hydrogen-bond donors (Lipinski definition) is 2. The summed E-state index contributed by atoms with van der Waals surface area (Å²) in [6.07, 6.45) is 0. The van der Waals surface area contributed by atoms with E-state index in [1.807, 2.05) is 30.3 Å². The van der Waals surface area contributed by atoms with Crippen LogP contribution in [0.5, 0.6) is 0 Å². The average molecular weight is 320 g/mol. The number of aryl methyl sites for hydroxylation is 1. The van der Waals surface area contributed by atoms with Crippen molar-refractivity contribution < 1.29 is 5.11 Å². The smallest absolute Gasteiger partial charge is 0.0626 e. The molecule has 0 bridgehead atoms. The van der Waals surface area contributed by atoms with Gasteiger partial charge >= 0.3 is 0 Å². The first-order chi connectivity index (χ1) is 9.20. The van der Waals surface area contributed by atoms with Crippen LogP contribution in [0.15, 0.2) is 53.0 Å². The number of aliphatic hydroxyl groups is 1. The molecule has 19 heavy (non-hydrogen) atoms. The quantitative estimate of drug-likeness (QED) is 0.882. The van der Waals surface area contributed by atoms with Gasteiger partial charge in [-0.25, -0.2) is 0 Å². The fourth-order valence-electron chi connectivity index (χ4n) is 1.96. The Hall–Kier alpha value is -1.16. The Morgan fingerprint density at radius 3 is 2.53 bits per heavy atom. The molecule has 0 aliphatic carbocycles. The van der Waals surface area contributed by atoms with Crippen LogP contribution in [0.3, 0.4) is 0 Å². The highest BCUT2D eigenvalue weighted by molar-refractivity contribution is 9.10. The predicted molar refractivity (Wildman–Crippen MR) is 82.0 cm³/mol. The van der Waals surface area contributed by atoms with E-state index in [-0.39, 0.29) is 12.6 Å². The van der Waals surface area contributed by atoms with Crippen LogP contribution in [0, 0.1) is 6.92 Å². The molecule has 2 aromatic carbocycles. The largest absolute Gasteiger partial charge is 0.394 e. The number of aliphatic hydroxyl groups excluding tert-OH is 1. The molecule has 0 amide bonds. The van der Waals surface area contributed by atoms with Gasteiger partial charge in [0.1, 0.15) is 0 Å². The number of nitrogens with one attached hydrogen (secondary N) is 1. The van der Waals surface area contributed by atoms with Crippen molar-refractivity contribution in [3.05, 3.63) is 69.7 Å². The van der Waals surface area contributed by atoms with Gasteiger partial charge in [0.05, 0.1) is 12.6 Å². The Morgan fingerprint density at radius 1 is 1.16 bits per heavy atom. The van der Waals surface area contributed by atoms with Crippen LogP contribution in [0.2, 0.25) is 0 Å². The Labute approximate surface area is 122 Å². The Bertz CT molecular complexity index is 528. The van der Waals surface area contributed by atoms with Gasteiger partial charge in [0.25, 0.3) is 0 Å². The molecular weight excluding hydrogens is 302 g/mol. The molecular formula is C16H18BrNO. The molecule has 0 saturated heterocycles. The van der Waals surface area contributed by atoms with Crippen LogP contribution >= 0.6 is 15.9 Å². The Balaban J connectivity index is 2.02. The summed E-state index contributed by atoms with van der Waals surface area (Å²) < 4.78 is 1.12. The van der Waals surface area contributed by atoms with E-state index in [0.717, 1.165) is 16.6 Å². The molecule has 0 heterocycles. The third-order valence-electron chi connectivity index (χ3n) is 3.17. The van der Waals surface area contributed by atoms with Crippen LogP contribution in [0.1, 0.15) is 22.7 Å². The maximum Gasteiger partial charge on any atom is 0.0626 e. The summed E-state index contributed by atoms with van der Waals surface area (Å²) in [6.45, 7) is 2.90. The lowest BCUT2D eigenvalue weighted by Crippen LogP contribution is -2.23. The van der Waals surface area contributed by atoms with Crippen LogP contribution in [-0.4, -0.2) is 11.7 Å². The first kappa shape index (κ1) is 14.3. The standard InChI is InChI=1S/C16H18BrNO/c1-12-7-8-13(9-15(12)17)10-18-16(11-19)14-5-3-2-4-6-14/h2-9,16,18-19H,10-11H2,1H3/t16-/m1/s1. The summed E-state index contributed by atoms with van der Waals surface area (Å²) in [5, 5.41) is 12.9. The maximum absolute atomic E-state index is 9.48. The second kappa shape index (κ2) is 6.85. The van der Waals surface area contributed by atoms with E-state index >= 15 is 0 Å². The van der Waals surface area contributed by atoms with Crippen molar-refractivity contribution in [2.75, 3.05) is 6.61 Å². The van der Waals surface area contributed by atoms with Crippen molar-refractivity contribution in [2.45, 2.75) is 19.5 Å². The summed E-state index contributed by atoms with van der Waals surface area (Å²) in [4.78, 5) is 0. The molecule has 0 aromatic heterocycles. The lowest BCUT2D eigenvalue weighted by atomic mass is 10.1. The van der Waals surface area contributed by atoms with E-state index in [2.05, 4.69) is 46.4 Å². The van der Waals surface area contributed by atoms with Gasteiger partial charge in [-0.1, -0.05) is 58.4 Å². The molecule has 0 aliphatic heterocycles. The fourth-order valence-corrected chi connectivity index (χ4v) is 2.39. The third-order valence-corrected chi connectivity index (χ3v) is 4.03. The Kier molecular flexibility index (Phi) is 5.14. The molecule has 0 fully saturated rings. The minimum absolute atomic E-state index is 0.0266. The zero-order valence-corrected chi connectivity index (χ0v) is 12.5. The second-order valence-electron chi connectivity index (χ2n) is 4.61. The molecule has 2 aromatic rings. The van der Waals surface area contributed by atoms with Crippen LogP contribution in [0.4, 0.5) is 0 Å². The van der Waals surface area contributed by atoms with Crippen molar-refractivity contribution in [3.8, 4) is 0 Å². The van der Waals surface area contributed by atoms with Crippen molar-refractivity contribution >= 4 is 15.9 Å². The third kappa shape index (κ3) is 3.90. The van der Waals surface area contributed by atoms with Gasteiger partial charge in [0.15, 0.2) is 0 Å². The molecule has 0 aliphatic rings. The van der Waals surface area contributed by atoms with E-state index in [0.29, 0.717) is 0 Å². The lowest BCUT2D eigenvalue weighted by molar-refractivity contribution is 0.243. The first-order valence-electron chi connectivity index (χ1n) is 6.35. The lowest BCUT2D eigenvalue weighted by Gasteiger charge is -2.17. The van der Waals surface area contributed by atoms with Gasteiger partial charge in [0, 0.05) is 11.0 Å². The number of hydrogen-bond acceptors (Lipinski definition) is 2. The number of benzene rings is 2. The number of rotatable bonds is 5. The highest BCUT2D eigenvalue weighted by Crippen LogP contribution is 2.18. The van der Waals surface area contributed by atoms with Gasteiger partial charge in [-0.05, 0) is 29.7 Å². The molecule has 2 N–H and O–H groups in total. The molecule has 100 valence electrons. The molecule has 1 atom stereocenters. The maximum atomic E-state index is 9.48. The molecule has 2 nitrogen and oxygen atoms in total. The summed E-state index contributed by atoms with van der Waals surface area (Å²) in [6, 6.07) is 16.3. The molecule has 3 heteroatoms. The zero-order chi connectivity index (χ0) is 13.7. The van der Waals surface area contributed by atoms with E-state index in [1.165, 1.54) is 11.1 Å². The van der Waals surface area contributed by atoms with Crippen molar-refractivity contribution in [1.82, 2.24) is 5.32 Å². The second-order valence-corrected chi connectivity index (χ2v) is 5.46. The SMILES string of the molecule is Cc1ccc(CN[C@H](CO)c2ccccc2)cc1Br. The highest BCUT2D eigenvalue weighted by Gasteiger charge is 2.09. The van der Waals surface area contributed by atoms with E-state index < -0.39 is 0 Å². The van der Waals surface area contributed by atoms with Gasteiger partial charge in [-0.3, -0.25) is 0 Å². The zero-order valence-electron chi connectivity index (χ0n) is 10.9. The van der Waals surface area contributed by atoms with Gasteiger partial charge in [-0.15, -0.1) is 0 Å². The summed E-state index contributed by atoms with van der Waals surface area (Å²) >= 11 is 3.54. The van der Waals surface area contributed by atoms with E-state index in [4.69, 9.17) is 0 Å². The minimum atomic E-state index is -0.0266. The van der Waals surface area contributed by atoms with Crippen molar-refractivity contribution in [2.24, 2.45) is 0 Å². The molecule has 0 spiro atoms. The van der Waals surface area contributed by atoms with Gasteiger partial charge in [0.2, 0.25) is 0 Å². The molecule has 2 rings (SSSR count). The van der Waals surface area contributed by atoms with Crippen LogP contribution in [0.25, 0.3) is 0 Å². The summed E-state index contributed by atoms with van der Waals surface area (Å²) in [5.74, 6) is 0. The van der Waals surface area contributed by atoms with Gasteiger partial charge < -0.3 is 10.4 Å². The fraction of sp³-hybridized carbons (Fsp3) is 0.250. The Morgan fingerprint density at radius 2 is 1.89 bits per heavy atom. The highest BCUT2D eigenvalue weighted by atomic mass is 79.9. The normalized spacial score (nSPS) is 12.4. The number of halogens is 1. The predicted octanol–water partition coefficient (Wildman–Crippen LogP) is 3.58. The van der Waals surface area contributed by atoms with Crippen LogP contribution < -0.4 is 5.32 Å². The monoisotopic (exact) mass is 319 g/mol. The molecule has 0 saturated carbocycles. The topological polar surface area (TPSA) is 32.3 Å². The van der Waals surface area contributed by atoms with Crippen LogP contribution in [-0.2, 0) is 6.54 Å². The first-order valence-corrected chi connectivity index (χ1v) is 7.14. The summed E-state index contributed by atoms with van der Waals surface area (Å²) in [7, 11) is 0. The van der Waals surface area contributed by atoms with E-state index in [1.54, 1.807) is 0 Å². The van der Waals surface area contributed by atoms with Crippen molar-refractivity contribution in [1.29, 1.82) is 0 Å². The minimum Gasteiger partial charge on any atom is -0.394 e. The van der Waals surface area contributed by atoms with Gasteiger partial charge in [-0.2, -0.15) is 0 Å². The van der Waals surface area contributed by atoms with E-state index in [9.17, 15) is 5.11 Å². The molecule has 0 radical (unpaired) electrons. The molecule has 0 unspecified atom stereocenters. The van der Waals surface area contributed by atoms with Crippen molar-refractivity contribution in [3.63, 3.8) is 0 Å².